The fourth-order valence-corrected chi connectivity index (χ4v) is 2.11. The zero-order valence-corrected chi connectivity index (χ0v) is 12.0. The molecule has 3 nitrogen and oxygen atoms in total. The van der Waals surface area contributed by atoms with Crippen LogP contribution in [0.15, 0.2) is 30.7 Å². The van der Waals surface area contributed by atoms with Gasteiger partial charge in [-0.3, -0.25) is 0 Å². The molecule has 0 fully saturated rings. The molecule has 1 aromatic carbocycles. The Morgan fingerprint density at radius 3 is 2.71 bits per heavy atom. The lowest BCUT2D eigenvalue weighted by Gasteiger charge is -2.14. The first-order valence-electron chi connectivity index (χ1n) is 6.82. The van der Waals surface area contributed by atoms with Crippen molar-refractivity contribution in [3.63, 3.8) is 0 Å². The highest BCUT2D eigenvalue weighted by molar-refractivity contribution is 5.53. The molecule has 0 bridgehead atoms. The van der Waals surface area contributed by atoms with E-state index in [4.69, 9.17) is 0 Å². The molecule has 0 amide bonds. The van der Waals surface area contributed by atoms with E-state index in [-0.39, 0.29) is 0 Å². The second-order valence-corrected chi connectivity index (χ2v) is 4.96. The van der Waals surface area contributed by atoms with Crippen LogP contribution in [0, 0.1) is 6.92 Å². The van der Waals surface area contributed by atoms with Crippen LogP contribution in [0.2, 0.25) is 0 Å². The van der Waals surface area contributed by atoms with Crippen molar-refractivity contribution in [2.45, 2.75) is 39.5 Å². The van der Waals surface area contributed by atoms with E-state index >= 15 is 0 Å². The lowest BCUT2D eigenvalue weighted by Crippen LogP contribution is -2.10. The molecule has 0 spiro atoms. The Labute approximate surface area is 121 Å². The summed E-state index contributed by atoms with van der Waals surface area (Å²) in [6.45, 7) is 5.14. The number of imidazole rings is 1. The van der Waals surface area contributed by atoms with Crippen molar-refractivity contribution in [2.24, 2.45) is 0 Å². The highest BCUT2D eigenvalue weighted by Crippen LogP contribution is 2.32. The van der Waals surface area contributed by atoms with Crippen LogP contribution in [0.5, 0.6) is 0 Å². The van der Waals surface area contributed by atoms with Crippen LogP contribution in [-0.4, -0.2) is 9.55 Å². The van der Waals surface area contributed by atoms with Crippen LogP contribution >= 0.6 is 0 Å². The van der Waals surface area contributed by atoms with Gasteiger partial charge in [-0.05, 0) is 31.0 Å². The van der Waals surface area contributed by atoms with E-state index in [9.17, 15) is 13.2 Å². The van der Waals surface area contributed by atoms with Gasteiger partial charge in [0.25, 0.3) is 0 Å². The summed E-state index contributed by atoms with van der Waals surface area (Å²) >= 11 is 0. The van der Waals surface area contributed by atoms with Crippen LogP contribution in [0.4, 0.5) is 18.9 Å². The average Bonchev–Trinajstić information content (AvgIpc) is 2.84. The van der Waals surface area contributed by atoms with Gasteiger partial charge in [0.1, 0.15) is 0 Å². The third-order valence-corrected chi connectivity index (χ3v) is 3.29. The maximum absolute atomic E-state index is 12.7. The molecule has 0 saturated carbocycles. The minimum atomic E-state index is -4.33. The van der Waals surface area contributed by atoms with Crippen molar-refractivity contribution in [3.8, 4) is 0 Å². The Hall–Kier alpha value is -1.98. The smallest absolute Gasteiger partial charge is 0.379 e. The van der Waals surface area contributed by atoms with Gasteiger partial charge >= 0.3 is 6.18 Å². The minimum absolute atomic E-state index is 0.447. The van der Waals surface area contributed by atoms with Crippen LogP contribution in [0.1, 0.15) is 30.2 Å². The van der Waals surface area contributed by atoms with Gasteiger partial charge in [0.2, 0.25) is 0 Å². The molecule has 0 saturated heterocycles. The van der Waals surface area contributed by atoms with Crippen LogP contribution in [-0.2, 0) is 19.3 Å². The standard InChI is InChI=1S/C15H18F3N3/c1-3-6-21-10-19-8-13(21)9-20-14-7-12(15(16,17)18)5-4-11(14)2/h4-5,7-8,10,20H,3,6,9H2,1-2H3. The van der Waals surface area contributed by atoms with Gasteiger partial charge < -0.3 is 9.88 Å². The number of hydrogen-bond donors (Lipinski definition) is 1. The Balaban J connectivity index is 2.14. The second kappa shape index (κ2) is 6.20. The first-order chi connectivity index (χ1) is 9.91. The number of alkyl halides is 3. The fourth-order valence-electron chi connectivity index (χ4n) is 2.11. The van der Waals surface area contributed by atoms with Gasteiger partial charge in [0.15, 0.2) is 0 Å². The molecule has 1 heterocycles. The monoisotopic (exact) mass is 297 g/mol. The van der Waals surface area contributed by atoms with Gasteiger partial charge in [0.05, 0.1) is 24.1 Å². The van der Waals surface area contributed by atoms with E-state index in [1.54, 1.807) is 19.4 Å². The molecule has 0 aliphatic rings. The van der Waals surface area contributed by atoms with Crippen molar-refractivity contribution in [3.05, 3.63) is 47.5 Å². The maximum atomic E-state index is 12.7. The SMILES string of the molecule is CCCn1cncc1CNc1cc(C(F)(F)F)ccc1C. The van der Waals surface area contributed by atoms with Crippen molar-refractivity contribution in [1.29, 1.82) is 0 Å². The van der Waals surface area contributed by atoms with E-state index < -0.39 is 11.7 Å². The second-order valence-electron chi connectivity index (χ2n) is 4.96. The van der Waals surface area contributed by atoms with Crippen molar-refractivity contribution >= 4 is 5.69 Å². The largest absolute Gasteiger partial charge is 0.416 e. The number of benzene rings is 1. The summed E-state index contributed by atoms with van der Waals surface area (Å²) in [4.78, 5) is 4.08. The van der Waals surface area contributed by atoms with E-state index in [0.717, 1.165) is 36.4 Å². The molecule has 0 atom stereocenters. The highest BCUT2D eigenvalue weighted by atomic mass is 19.4. The van der Waals surface area contributed by atoms with Gasteiger partial charge in [-0.2, -0.15) is 13.2 Å². The summed E-state index contributed by atoms with van der Waals surface area (Å²) in [6.07, 6.45) is 0.116. The molecule has 1 N–H and O–H groups in total. The third kappa shape index (κ3) is 3.77. The van der Waals surface area contributed by atoms with Gasteiger partial charge in [-0.15, -0.1) is 0 Å². The van der Waals surface area contributed by atoms with E-state index in [1.165, 1.54) is 6.07 Å². The lowest BCUT2D eigenvalue weighted by atomic mass is 10.1. The number of aromatic nitrogens is 2. The summed E-state index contributed by atoms with van der Waals surface area (Å²) in [5, 5.41) is 3.07. The number of halogens is 3. The predicted molar refractivity (Wildman–Crippen MR) is 76.0 cm³/mol. The summed E-state index contributed by atoms with van der Waals surface area (Å²) in [5.74, 6) is 0. The third-order valence-electron chi connectivity index (χ3n) is 3.29. The molecule has 6 heteroatoms. The van der Waals surface area contributed by atoms with Crippen molar-refractivity contribution in [2.75, 3.05) is 5.32 Å². The Morgan fingerprint density at radius 1 is 1.29 bits per heavy atom. The number of aryl methyl sites for hydroxylation is 2. The first-order valence-corrected chi connectivity index (χ1v) is 6.82. The number of nitrogens with zero attached hydrogens (tertiary/aromatic N) is 2. The maximum Gasteiger partial charge on any atom is 0.416 e. The average molecular weight is 297 g/mol. The molecule has 0 aliphatic carbocycles. The Morgan fingerprint density at radius 2 is 2.05 bits per heavy atom. The van der Waals surface area contributed by atoms with Crippen LogP contribution < -0.4 is 5.32 Å². The van der Waals surface area contributed by atoms with Crippen molar-refractivity contribution < 1.29 is 13.2 Å². The van der Waals surface area contributed by atoms with E-state index in [0.29, 0.717) is 12.2 Å². The number of anilines is 1. The topological polar surface area (TPSA) is 29.9 Å². The summed E-state index contributed by atoms with van der Waals surface area (Å²) < 4.78 is 40.2. The molecule has 1 aromatic heterocycles. The summed E-state index contributed by atoms with van der Waals surface area (Å²) in [6, 6.07) is 3.73. The Kier molecular flexibility index (Phi) is 4.55. The summed E-state index contributed by atoms with van der Waals surface area (Å²) in [5.41, 5.74) is 1.59. The normalized spacial score (nSPS) is 11.7. The highest BCUT2D eigenvalue weighted by Gasteiger charge is 2.30. The molecule has 114 valence electrons. The van der Waals surface area contributed by atoms with Gasteiger partial charge in [-0.25, -0.2) is 4.98 Å². The molecule has 2 rings (SSSR count). The minimum Gasteiger partial charge on any atom is -0.379 e. The Bertz CT molecular complexity index is 602. The quantitative estimate of drug-likeness (QED) is 0.895. The number of rotatable bonds is 5. The first kappa shape index (κ1) is 15.4. The molecule has 21 heavy (non-hydrogen) atoms. The molecule has 0 unspecified atom stereocenters. The van der Waals surface area contributed by atoms with Crippen LogP contribution in [0.25, 0.3) is 0 Å². The fraction of sp³-hybridized carbons (Fsp3) is 0.400. The zero-order chi connectivity index (χ0) is 15.5. The van der Waals surface area contributed by atoms with Gasteiger partial charge in [0, 0.05) is 18.4 Å². The molecular formula is C15H18F3N3. The lowest BCUT2D eigenvalue weighted by molar-refractivity contribution is -0.137. The molecule has 0 radical (unpaired) electrons. The molecular weight excluding hydrogens is 279 g/mol. The van der Waals surface area contributed by atoms with E-state index in [1.807, 2.05) is 4.57 Å². The summed E-state index contributed by atoms with van der Waals surface area (Å²) in [7, 11) is 0. The number of hydrogen-bond acceptors (Lipinski definition) is 2. The number of nitrogens with one attached hydrogen (secondary N) is 1. The predicted octanol–water partition coefficient (Wildman–Crippen LogP) is 4.23. The van der Waals surface area contributed by atoms with E-state index in [2.05, 4.69) is 17.2 Å². The molecule has 2 aromatic rings. The van der Waals surface area contributed by atoms with Crippen molar-refractivity contribution in [1.82, 2.24) is 9.55 Å². The molecule has 0 aliphatic heterocycles. The zero-order valence-electron chi connectivity index (χ0n) is 12.0. The van der Waals surface area contributed by atoms with Gasteiger partial charge in [-0.1, -0.05) is 13.0 Å². The van der Waals surface area contributed by atoms with Crippen LogP contribution in [0.3, 0.4) is 0 Å².